The van der Waals surface area contributed by atoms with Gasteiger partial charge < -0.3 is 5.32 Å². The number of aromatic nitrogens is 2. The summed E-state index contributed by atoms with van der Waals surface area (Å²) in [6.07, 6.45) is 7.66. The van der Waals surface area contributed by atoms with Gasteiger partial charge in [0.05, 0.1) is 10.6 Å². The van der Waals surface area contributed by atoms with Crippen LogP contribution < -0.4 is 5.32 Å². The molecule has 0 unspecified atom stereocenters. The lowest BCUT2D eigenvalue weighted by molar-refractivity contribution is 0.521. The van der Waals surface area contributed by atoms with Crippen LogP contribution in [0.1, 0.15) is 49.3 Å². The van der Waals surface area contributed by atoms with Gasteiger partial charge in [0.2, 0.25) is 0 Å². The Morgan fingerprint density at radius 3 is 2.61 bits per heavy atom. The molecule has 28 heavy (non-hydrogen) atoms. The third-order valence-electron chi connectivity index (χ3n) is 6.05. The van der Waals surface area contributed by atoms with Crippen LogP contribution in [0.25, 0.3) is 10.8 Å². The lowest BCUT2D eigenvalue weighted by atomic mass is 9.99. The van der Waals surface area contributed by atoms with Crippen molar-refractivity contribution in [3.05, 3.63) is 47.7 Å². The number of nitrogens with one attached hydrogen (secondary N) is 1. The smallest absolute Gasteiger partial charge is 0.190 e. The summed E-state index contributed by atoms with van der Waals surface area (Å²) in [5, 5.41) is 8.04. The first kappa shape index (κ1) is 17.2. The molecule has 2 saturated carbocycles. The SMILES string of the molecule is c1ccc2c(C3CC3)ccc(Nc3nc(SC4CCC4)nc4c3SCC4)c2c1. The van der Waals surface area contributed by atoms with Crippen LogP contribution in [0.15, 0.2) is 46.5 Å². The van der Waals surface area contributed by atoms with Crippen LogP contribution in [0.2, 0.25) is 0 Å². The zero-order valence-electron chi connectivity index (χ0n) is 15.8. The molecular formula is C23H23N3S2. The van der Waals surface area contributed by atoms with E-state index in [0.717, 1.165) is 34.8 Å². The number of nitrogens with zero attached hydrogens (tertiary/aromatic N) is 2. The number of aryl methyl sites for hydroxylation is 1. The number of hydrogen-bond acceptors (Lipinski definition) is 5. The van der Waals surface area contributed by atoms with Crippen molar-refractivity contribution in [2.75, 3.05) is 11.1 Å². The Balaban J connectivity index is 1.40. The second-order valence-electron chi connectivity index (χ2n) is 8.05. The van der Waals surface area contributed by atoms with Gasteiger partial charge in [-0.15, -0.1) is 11.8 Å². The summed E-state index contributed by atoms with van der Waals surface area (Å²) in [7, 11) is 0. The van der Waals surface area contributed by atoms with Gasteiger partial charge in [-0.1, -0.05) is 48.5 Å². The van der Waals surface area contributed by atoms with E-state index < -0.39 is 0 Å². The van der Waals surface area contributed by atoms with E-state index in [-0.39, 0.29) is 0 Å². The lowest BCUT2D eigenvalue weighted by Gasteiger charge is -2.24. The quantitative estimate of drug-likeness (QED) is 0.488. The molecule has 2 fully saturated rings. The summed E-state index contributed by atoms with van der Waals surface area (Å²) >= 11 is 3.76. The van der Waals surface area contributed by atoms with Crippen LogP contribution in [-0.4, -0.2) is 21.0 Å². The largest absolute Gasteiger partial charge is 0.339 e. The summed E-state index contributed by atoms with van der Waals surface area (Å²) < 4.78 is 0. The van der Waals surface area contributed by atoms with Crippen LogP contribution >= 0.6 is 23.5 Å². The highest BCUT2D eigenvalue weighted by Crippen LogP contribution is 2.45. The van der Waals surface area contributed by atoms with E-state index in [1.807, 2.05) is 23.5 Å². The van der Waals surface area contributed by atoms with Crippen LogP contribution in [0.5, 0.6) is 0 Å². The zero-order chi connectivity index (χ0) is 18.5. The lowest BCUT2D eigenvalue weighted by Crippen LogP contribution is -2.14. The molecule has 0 radical (unpaired) electrons. The van der Waals surface area contributed by atoms with Crippen LogP contribution in [0.3, 0.4) is 0 Å². The van der Waals surface area contributed by atoms with E-state index in [0.29, 0.717) is 5.25 Å². The number of fused-ring (bicyclic) bond motifs is 2. The first-order valence-corrected chi connectivity index (χ1v) is 12.2. The second-order valence-corrected chi connectivity index (χ2v) is 10.4. The highest BCUT2D eigenvalue weighted by molar-refractivity contribution is 8.00. The Hall–Kier alpha value is -1.72. The summed E-state index contributed by atoms with van der Waals surface area (Å²) in [5.41, 5.74) is 3.89. The van der Waals surface area contributed by atoms with Crippen LogP contribution in [0.4, 0.5) is 11.5 Å². The zero-order valence-corrected chi connectivity index (χ0v) is 17.4. The van der Waals surface area contributed by atoms with Crippen molar-refractivity contribution in [3.8, 4) is 0 Å². The molecule has 0 amide bonds. The molecule has 3 nitrogen and oxygen atoms in total. The Labute approximate surface area is 174 Å². The molecule has 1 aliphatic heterocycles. The molecule has 3 aliphatic rings. The summed E-state index contributed by atoms with van der Waals surface area (Å²) in [6.45, 7) is 0. The maximum absolute atomic E-state index is 4.96. The number of thioether (sulfide) groups is 2. The minimum absolute atomic E-state index is 0.707. The van der Waals surface area contributed by atoms with E-state index >= 15 is 0 Å². The van der Waals surface area contributed by atoms with E-state index in [4.69, 9.17) is 9.97 Å². The molecule has 2 aliphatic carbocycles. The van der Waals surface area contributed by atoms with Gasteiger partial charge >= 0.3 is 0 Å². The minimum atomic E-state index is 0.707. The monoisotopic (exact) mass is 405 g/mol. The number of hydrogen-bond donors (Lipinski definition) is 1. The topological polar surface area (TPSA) is 37.8 Å². The molecule has 2 aromatic carbocycles. The normalized spacial score (nSPS) is 18.9. The van der Waals surface area contributed by atoms with Crippen molar-refractivity contribution >= 4 is 45.8 Å². The average molecular weight is 406 g/mol. The fourth-order valence-corrected chi connectivity index (χ4v) is 6.35. The Morgan fingerprint density at radius 1 is 0.964 bits per heavy atom. The minimum Gasteiger partial charge on any atom is -0.339 e. The standard InChI is InChI=1S/C23H23N3S2/c1-2-7-18-17(6-1)16(14-8-9-14)10-11-19(18)24-22-21-20(12-13-27-21)25-23(26-22)28-15-4-3-5-15/h1-2,6-7,10-11,14-15H,3-5,8-9,12-13H2,(H,24,25,26). The van der Waals surface area contributed by atoms with E-state index in [1.54, 1.807) is 0 Å². The molecule has 3 aromatic rings. The third-order valence-corrected chi connectivity index (χ3v) is 8.38. The van der Waals surface area contributed by atoms with Gasteiger partial charge in [-0.3, -0.25) is 0 Å². The number of anilines is 2. The van der Waals surface area contributed by atoms with Gasteiger partial charge in [0.25, 0.3) is 0 Å². The molecule has 5 heteroatoms. The van der Waals surface area contributed by atoms with Gasteiger partial charge in [0.15, 0.2) is 5.16 Å². The van der Waals surface area contributed by atoms with Crippen LogP contribution in [-0.2, 0) is 6.42 Å². The maximum Gasteiger partial charge on any atom is 0.190 e. The second kappa shape index (κ2) is 6.96. The summed E-state index contributed by atoms with van der Waals surface area (Å²) in [5.74, 6) is 2.86. The van der Waals surface area contributed by atoms with E-state index in [9.17, 15) is 0 Å². The molecule has 0 atom stereocenters. The molecule has 6 rings (SSSR count). The van der Waals surface area contributed by atoms with Crippen molar-refractivity contribution < 1.29 is 0 Å². The van der Waals surface area contributed by atoms with Gasteiger partial charge in [0, 0.05) is 28.5 Å². The predicted molar refractivity (Wildman–Crippen MR) is 119 cm³/mol. The first-order valence-electron chi connectivity index (χ1n) is 10.3. The fourth-order valence-electron chi connectivity index (χ4n) is 4.13. The molecule has 142 valence electrons. The Morgan fingerprint density at radius 2 is 1.82 bits per heavy atom. The van der Waals surface area contributed by atoms with Crippen molar-refractivity contribution in [3.63, 3.8) is 0 Å². The van der Waals surface area contributed by atoms with Gasteiger partial charge in [-0.25, -0.2) is 9.97 Å². The maximum atomic E-state index is 4.96. The average Bonchev–Trinajstić information content (AvgIpc) is 3.42. The molecule has 1 aromatic heterocycles. The van der Waals surface area contributed by atoms with Crippen LogP contribution in [0, 0.1) is 0 Å². The van der Waals surface area contributed by atoms with E-state index in [2.05, 4.69) is 41.7 Å². The Kier molecular flexibility index (Phi) is 4.27. The molecule has 0 saturated heterocycles. The van der Waals surface area contributed by atoms with Crippen molar-refractivity contribution in [1.82, 2.24) is 9.97 Å². The molecule has 0 bridgehead atoms. The third kappa shape index (κ3) is 3.09. The summed E-state index contributed by atoms with van der Waals surface area (Å²) in [4.78, 5) is 11.1. The summed E-state index contributed by atoms with van der Waals surface area (Å²) in [6, 6.07) is 13.4. The first-order chi connectivity index (χ1) is 13.8. The van der Waals surface area contributed by atoms with Crippen molar-refractivity contribution in [1.29, 1.82) is 0 Å². The van der Waals surface area contributed by atoms with Crippen molar-refractivity contribution in [2.45, 2.75) is 59.7 Å². The Bertz CT molecular complexity index is 1060. The molecule has 2 heterocycles. The van der Waals surface area contributed by atoms with Gasteiger partial charge in [-0.2, -0.15) is 0 Å². The molecule has 1 N–H and O–H groups in total. The molecular weight excluding hydrogens is 382 g/mol. The highest BCUT2D eigenvalue weighted by atomic mass is 32.2. The van der Waals surface area contributed by atoms with Crippen molar-refractivity contribution in [2.24, 2.45) is 0 Å². The van der Waals surface area contributed by atoms with E-state index in [1.165, 1.54) is 59.0 Å². The highest BCUT2D eigenvalue weighted by Gasteiger charge is 2.27. The fraction of sp³-hybridized carbons (Fsp3) is 0.391. The van der Waals surface area contributed by atoms with Gasteiger partial charge in [0.1, 0.15) is 5.82 Å². The molecule has 0 spiro atoms. The van der Waals surface area contributed by atoms with Gasteiger partial charge in [-0.05, 0) is 48.6 Å². The predicted octanol–water partition coefficient (Wildman–Crippen LogP) is 6.54. The number of benzene rings is 2. The number of rotatable bonds is 5.